The second kappa shape index (κ2) is 4.70. The number of anilines is 1. The smallest absolute Gasteiger partial charge is 0.337 e. The van der Waals surface area contributed by atoms with Gasteiger partial charge in [-0.25, -0.2) is 14.2 Å². The molecule has 0 radical (unpaired) electrons. The van der Waals surface area contributed by atoms with Crippen LogP contribution in [-0.4, -0.2) is 16.1 Å². The van der Waals surface area contributed by atoms with Gasteiger partial charge in [0.05, 0.1) is 11.3 Å². The molecular weight excluding hydrogens is 239 g/mol. The van der Waals surface area contributed by atoms with E-state index < -0.39 is 11.8 Å². The van der Waals surface area contributed by atoms with Crippen molar-refractivity contribution in [2.75, 3.05) is 5.73 Å². The number of benzene rings is 1. The zero-order valence-corrected chi connectivity index (χ0v) is 9.13. The number of pyridine rings is 1. The van der Waals surface area contributed by atoms with Crippen LogP contribution in [0.4, 0.5) is 10.1 Å². The van der Waals surface area contributed by atoms with Crippen LogP contribution >= 0.6 is 0 Å². The lowest BCUT2D eigenvalue weighted by molar-refractivity contribution is 0.0696. The van der Waals surface area contributed by atoms with Crippen molar-refractivity contribution in [2.45, 2.75) is 0 Å². The molecule has 1 aromatic heterocycles. The van der Waals surface area contributed by atoms with E-state index in [0.717, 1.165) is 6.20 Å². The number of carboxylic acid groups (broad SMARTS) is 1. The van der Waals surface area contributed by atoms with Gasteiger partial charge in [-0.15, -0.1) is 0 Å². The second-order valence-electron chi connectivity index (χ2n) is 3.48. The monoisotopic (exact) mass is 248 g/mol. The quantitative estimate of drug-likeness (QED) is 0.870. The van der Waals surface area contributed by atoms with Gasteiger partial charge in [-0.05, 0) is 18.2 Å². The van der Waals surface area contributed by atoms with Crippen LogP contribution in [0.1, 0.15) is 10.4 Å². The largest absolute Gasteiger partial charge is 0.478 e. The third-order valence-electron chi connectivity index (χ3n) is 2.14. The summed E-state index contributed by atoms with van der Waals surface area (Å²) in [6.07, 6.45) is 1.12. The van der Waals surface area contributed by atoms with Gasteiger partial charge in [0.1, 0.15) is 11.6 Å². The summed E-state index contributed by atoms with van der Waals surface area (Å²) in [5.41, 5.74) is 5.63. The molecule has 0 amide bonds. The fourth-order valence-electron chi connectivity index (χ4n) is 1.31. The van der Waals surface area contributed by atoms with E-state index in [0.29, 0.717) is 0 Å². The molecule has 0 aliphatic rings. The number of hydrogen-bond acceptors (Lipinski definition) is 4. The molecule has 0 bridgehead atoms. The number of aromatic carboxylic acids is 1. The van der Waals surface area contributed by atoms with Gasteiger partial charge in [-0.1, -0.05) is 6.07 Å². The van der Waals surface area contributed by atoms with Gasteiger partial charge in [-0.2, -0.15) is 0 Å². The number of halogens is 1. The van der Waals surface area contributed by atoms with Crippen molar-refractivity contribution in [1.82, 2.24) is 4.98 Å². The van der Waals surface area contributed by atoms with Crippen LogP contribution in [0.3, 0.4) is 0 Å². The Morgan fingerprint density at radius 2 is 2.17 bits per heavy atom. The van der Waals surface area contributed by atoms with Gasteiger partial charge in [0.2, 0.25) is 5.88 Å². The lowest BCUT2D eigenvalue weighted by atomic mass is 10.2. The molecule has 0 spiro atoms. The first-order valence-corrected chi connectivity index (χ1v) is 4.98. The summed E-state index contributed by atoms with van der Waals surface area (Å²) in [4.78, 5) is 14.5. The van der Waals surface area contributed by atoms with Crippen LogP contribution in [0.25, 0.3) is 0 Å². The average molecular weight is 248 g/mol. The summed E-state index contributed by atoms with van der Waals surface area (Å²) in [5, 5.41) is 8.74. The first-order chi connectivity index (χ1) is 8.56. The minimum Gasteiger partial charge on any atom is -0.478 e. The molecule has 0 aliphatic carbocycles. The van der Waals surface area contributed by atoms with Gasteiger partial charge in [0, 0.05) is 12.3 Å². The Balaban J connectivity index is 2.27. The Bertz CT molecular complexity index is 602. The number of ether oxygens (including phenoxy) is 1. The van der Waals surface area contributed by atoms with E-state index in [2.05, 4.69) is 4.98 Å². The molecule has 1 aromatic carbocycles. The van der Waals surface area contributed by atoms with Crippen LogP contribution in [0.2, 0.25) is 0 Å². The molecule has 5 nitrogen and oxygen atoms in total. The summed E-state index contributed by atoms with van der Waals surface area (Å²) in [6, 6.07) is 6.69. The molecule has 0 saturated heterocycles. The SMILES string of the molecule is Nc1cc(C(=O)O)cnc1Oc1cccc(F)c1. The van der Waals surface area contributed by atoms with Crippen molar-refractivity contribution >= 4 is 11.7 Å². The molecule has 2 rings (SSSR count). The first-order valence-electron chi connectivity index (χ1n) is 4.98. The maximum absolute atomic E-state index is 12.9. The summed E-state index contributed by atoms with van der Waals surface area (Å²) >= 11 is 0. The van der Waals surface area contributed by atoms with Crippen molar-refractivity contribution in [2.24, 2.45) is 0 Å². The highest BCUT2D eigenvalue weighted by Gasteiger charge is 2.09. The van der Waals surface area contributed by atoms with Crippen molar-refractivity contribution in [3.63, 3.8) is 0 Å². The number of hydrogen-bond donors (Lipinski definition) is 2. The van der Waals surface area contributed by atoms with E-state index in [1.807, 2.05) is 0 Å². The Labute approximate surface area is 102 Å². The highest BCUT2D eigenvalue weighted by atomic mass is 19.1. The molecule has 0 aliphatic heterocycles. The third-order valence-corrected chi connectivity index (χ3v) is 2.14. The maximum Gasteiger partial charge on any atom is 0.337 e. The number of rotatable bonds is 3. The summed E-state index contributed by atoms with van der Waals surface area (Å²) in [5.74, 6) is -1.32. The first kappa shape index (κ1) is 11.8. The maximum atomic E-state index is 12.9. The topological polar surface area (TPSA) is 85.4 Å². The van der Waals surface area contributed by atoms with E-state index in [-0.39, 0.29) is 22.9 Å². The zero-order chi connectivity index (χ0) is 13.1. The van der Waals surface area contributed by atoms with Crippen molar-refractivity contribution in [3.8, 4) is 11.6 Å². The van der Waals surface area contributed by atoms with Gasteiger partial charge in [-0.3, -0.25) is 0 Å². The van der Waals surface area contributed by atoms with Crippen molar-refractivity contribution < 1.29 is 19.0 Å². The van der Waals surface area contributed by atoms with Crippen molar-refractivity contribution in [1.29, 1.82) is 0 Å². The van der Waals surface area contributed by atoms with Gasteiger partial charge >= 0.3 is 5.97 Å². The Morgan fingerprint density at radius 3 is 2.78 bits per heavy atom. The minimum absolute atomic E-state index is 0.0330. The second-order valence-corrected chi connectivity index (χ2v) is 3.48. The number of nitrogens with zero attached hydrogens (tertiary/aromatic N) is 1. The minimum atomic E-state index is -1.13. The highest BCUT2D eigenvalue weighted by molar-refractivity contribution is 5.88. The van der Waals surface area contributed by atoms with Crippen molar-refractivity contribution in [3.05, 3.63) is 47.9 Å². The molecule has 3 N–H and O–H groups in total. The number of nitrogens with two attached hydrogens (primary N) is 1. The van der Waals surface area contributed by atoms with Crippen LogP contribution in [0, 0.1) is 5.82 Å². The van der Waals surface area contributed by atoms with Crippen LogP contribution in [-0.2, 0) is 0 Å². The molecule has 1 heterocycles. The number of carboxylic acids is 1. The molecule has 2 aromatic rings. The van der Waals surface area contributed by atoms with Crippen LogP contribution < -0.4 is 10.5 Å². The summed E-state index contributed by atoms with van der Waals surface area (Å²) < 4.78 is 18.2. The Morgan fingerprint density at radius 1 is 1.39 bits per heavy atom. The Hall–Kier alpha value is -2.63. The zero-order valence-electron chi connectivity index (χ0n) is 9.13. The van der Waals surface area contributed by atoms with Crippen LogP contribution in [0.15, 0.2) is 36.5 Å². The molecular formula is C12H9FN2O3. The number of nitrogen functional groups attached to an aromatic ring is 1. The standard InChI is InChI=1S/C12H9FN2O3/c13-8-2-1-3-9(5-8)18-11-10(14)4-7(6-15-11)12(16)17/h1-6H,14H2,(H,16,17). The lowest BCUT2D eigenvalue weighted by Crippen LogP contribution is -2.01. The Kier molecular flexibility index (Phi) is 3.09. The summed E-state index contributed by atoms with van der Waals surface area (Å²) in [7, 11) is 0. The third kappa shape index (κ3) is 2.54. The predicted octanol–water partition coefficient (Wildman–Crippen LogP) is 2.29. The molecule has 0 saturated carbocycles. The fraction of sp³-hybridized carbons (Fsp3) is 0. The molecule has 0 unspecified atom stereocenters. The predicted molar refractivity (Wildman–Crippen MR) is 62.1 cm³/mol. The number of aromatic nitrogens is 1. The molecule has 0 atom stereocenters. The van der Waals surface area contributed by atoms with E-state index in [1.165, 1.54) is 30.3 Å². The van der Waals surface area contributed by atoms with Gasteiger partial charge in [0.25, 0.3) is 0 Å². The van der Waals surface area contributed by atoms with E-state index in [4.69, 9.17) is 15.6 Å². The van der Waals surface area contributed by atoms with Gasteiger partial charge < -0.3 is 15.6 Å². The average Bonchev–Trinajstić information content (AvgIpc) is 2.31. The van der Waals surface area contributed by atoms with Crippen LogP contribution in [0.5, 0.6) is 11.6 Å². The number of carbonyl (C=O) groups is 1. The van der Waals surface area contributed by atoms with E-state index in [1.54, 1.807) is 0 Å². The van der Waals surface area contributed by atoms with E-state index in [9.17, 15) is 9.18 Å². The molecule has 92 valence electrons. The highest BCUT2D eigenvalue weighted by Crippen LogP contribution is 2.25. The molecule has 6 heteroatoms. The molecule has 18 heavy (non-hydrogen) atoms. The normalized spacial score (nSPS) is 10.1. The lowest BCUT2D eigenvalue weighted by Gasteiger charge is -2.07. The summed E-state index contributed by atoms with van der Waals surface area (Å²) in [6.45, 7) is 0. The van der Waals surface area contributed by atoms with E-state index >= 15 is 0 Å². The van der Waals surface area contributed by atoms with Gasteiger partial charge in [0.15, 0.2) is 0 Å². The fourth-order valence-corrected chi connectivity index (χ4v) is 1.31. The molecule has 0 fully saturated rings.